The zero-order valence-corrected chi connectivity index (χ0v) is 30.5. The Morgan fingerprint density at radius 3 is 2.19 bits per heavy atom. The van der Waals surface area contributed by atoms with E-state index in [9.17, 15) is 35.9 Å². The molecule has 0 saturated carbocycles. The molecule has 1 fully saturated rings. The third kappa shape index (κ3) is 13.5. The number of aliphatic carboxylic acids is 2. The number of nitriles is 1. The second kappa shape index (κ2) is 19.4. The van der Waals surface area contributed by atoms with Gasteiger partial charge in [0.05, 0.1) is 29.7 Å². The number of carbonyl (C=O) groups excluding carboxylic acids is 2. The maximum Gasteiger partial charge on any atom is 0.490 e. The van der Waals surface area contributed by atoms with Gasteiger partial charge in [-0.3, -0.25) is 9.78 Å². The molecule has 2 aliphatic rings. The van der Waals surface area contributed by atoms with E-state index in [4.69, 9.17) is 36.7 Å². The van der Waals surface area contributed by atoms with Gasteiger partial charge in [-0.25, -0.2) is 19.4 Å². The standard InChI is InChI=1S/C32H30ClN9O2.2C2HF3O2/c33-27-19-36-31-38-26-13-22(17-35-18-26)4-5-23-15-25(37-30(27)41-31)6-7-28(23)40-29(43)14-20-8-10-42(11-9-20)32(44)39-24-3-1-2-21(12-24)16-34;2*3-2(4,5)1(6)7/h1-3,6-7,12-13,15,17-20H,4-5,8-11,14H2,(H,39,44)(H,40,43)(H2,36,37,38,41);2*(H,6,7). The Balaban J connectivity index is 0.000000456. The number of pyridine rings is 1. The van der Waals surface area contributed by atoms with Crippen LogP contribution in [-0.4, -0.2) is 79.4 Å². The summed E-state index contributed by atoms with van der Waals surface area (Å²) in [7, 11) is 0. The maximum absolute atomic E-state index is 13.2. The van der Waals surface area contributed by atoms with Crippen LogP contribution in [0.4, 0.5) is 65.7 Å². The van der Waals surface area contributed by atoms with Crippen LogP contribution in [0.1, 0.15) is 36.0 Å². The summed E-state index contributed by atoms with van der Waals surface area (Å²) in [6, 6.07) is 16.5. The molecule has 0 aliphatic carbocycles. The highest BCUT2D eigenvalue weighted by molar-refractivity contribution is 6.32. The van der Waals surface area contributed by atoms with Gasteiger partial charge in [-0.05, 0) is 85.2 Å². The first-order valence-corrected chi connectivity index (χ1v) is 17.3. The number of alkyl halides is 6. The number of amides is 3. The van der Waals surface area contributed by atoms with Crippen LogP contribution in [0.2, 0.25) is 5.02 Å². The Hall–Kier alpha value is -6.69. The maximum atomic E-state index is 13.2. The lowest BCUT2D eigenvalue weighted by Crippen LogP contribution is -2.41. The van der Waals surface area contributed by atoms with Crippen LogP contribution in [0.25, 0.3) is 0 Å². The van der Waals surface area contributed by atoms with Crippen molar-refractivity contribution in [3.63, 3.8) is 0 Å². The van der Waals surface area contributed by atoms with E-state index in [1.807, 2.05) is 30.5 Å². The van der Waals surface area contributed by atoms with Gasteiger partial charge in [0.15, 0.2) is 5.82 Å². The number of fused-ring (bicyclic) bond motifs is 6. The number of halogens is 7. The van der Waals surface area contributed by atoms with Crippen LogP contribution in [0.3, 0.4) is 0 Å². The van der Waals surface area contributed by atoms with Gasteiger partial charge in [0, 0.05) is 42.8 Å². The molecule has 6 N–H and O–H groups in total. The number of carboxylic acid groups (broad SMARTS) is 2. The molecule has 4 heterocycles. The van der Waals surface area contributed by atoms with E-state index < -0.39 is 24.3 Å². The lowest BCUT2D eigenvalue weighted by molar-refractivity contribution is -0.193. The first-order valence-electron chi connectivity index (χ1n) is 16.9. The van der Waals surface area contributed by atoms with E-state index in [0.717, 1.165) is 47.5 Å². The molecule has 2 aromatic carbocycles. The molecular weight excluding hydrogens is 804 g/mol. The number of piperidine rings is 1. The second-order valence-corrected chi connectivity index (χ2v) is 12.9. The largest absolute Gasteiger partial charge is 0.490 e. The molecule has 2 aromatic heterocycles. The summed E-state index contributed by atoms with van der Waals surface area (Å²) >= 11 is 6.38. The number of benzene rings is 2. The minimum absolute atomic E-state index is 0.0579. The number of nitrogens with zero attached hydrogens (tertiary/aromatic N) is 5. The van der Waals surface area contributed by atoms with Crippen LogP contribution in [-0.2, 0) is 27.2 Å². The summed E-state index contributed by atoms with van der Waals surface area (Å²) in [5.41, 5.74) is 5.40. The number of rotatable bonds is 4. The van der Waals surface area contributed by atoms with Gasteiger partial charge in [0.2, 0.25) is 11.9 Å². The zero-order chi connectivity index (χ0) is 42.6. The number of hydrogen-bond acceptors (Lipinski definition) is 10. The minimum Gasteiger partial charge on any atom is -0.475 e. The Labute approximate surface area is 330 Å². The minimum atomic E-state index is -5.08. The van der Waals surface area contributed by atoms with E-state index >= 15 is 0 Å². The number of anilines is 6. The second-order valence-electron chi connectivity index (χ2n) is 12.5. The topological polar surface area (TPSA) is 223 Å². The number of urea groups is 1. The van der Waals surface area contributed by atoms with Crippen molar-refractivity contribution < 1.29 is 55.7 Å². The number of aryl methyl sites for hydroxylation is 2. The first-order chi connectivity index (χ1) is 27.3. The number of aromatic nitrogens is 3. The van der Waals surface area contributed by atoms with Gasteiger partial charge in [-0.15, -0.1) is 0 Å². The average molecular weight is 836 g/mol. The third-order valence-electron chi connectivity index (χ3n) is 8.22. The smallest absolute Gasteiger partial charge is 0.475 e. The summed E-state index contributed by atoms with van der Waals surface area (Å²) in [5, 5.41) is 36.2. The van der Waals surface area contributed by atoms with Gasteiger partial charge in [0.25, 0.3) is 0 Å². The highest BCUT2D eigenvalue weighted by Gasteiger charge is 2.39. The Bertz CT molecular complexity index is 2150. The SMILES string of the molecule is N#Cc1cccc(NC(=O)N2CCC(CC(=O)Nc3ccc4cc3CCc3cncc(c3)Nc3ncc(Cl)c(n3)N4)CC2)c1.O=C(O)C(F)(F)F.O=C(O)C(F)(F)F. The summed E-state index contributed by atoms with van der Waals surface area (Å²) in [6.45, 7) is 1.12. The summed E-state index contributed by atoms with van der Waals surface area (Å²) in [5.74, 6) is -4.54. The molecule has 58 heavy (non-hydrogen) atoms. The number of hydrogen-bond donors (Lipinski definition) is 6. The van der Waals surface area contributed by atoms with Crippen molar-refractivity contribution in [3.8, 4) is 6.07 Å². The van der Waals surface area contributed by atoms with Gasteiger partial charge in [-0.2, -0.15) is 36.6 Å². The van der Waals surface area contributed by atoms with Crippen molar-refractivity contribution in [3.05, 3.63) is 88.8 Å². The quantitative estimate of drug-likeness (QED) is 0.110. The monoisotopic (exact) mass is 835 g/mol. The van der Waals surface area contributed by atoms with Gasteiger partial charge >= 0.3 is 30.3 Å². The number of carboxylic acids is 2. The summed E-state index contributed by atoms with van der Waals surface area (Å²) in [6.07, 6.45) is -1.86. The average Bonchev–Trinajstić information content (AvgIpc) is 3.16. The molecule has 3 amide bonds. The lowest BCUT2D eigenvalue weighted by Gasteiger charge is -2.31. The molecule has 2 aliphatic heterocycles. The van der Waals surface area contributed by atoms with Crippen LogP contribution < -0.4 is 21.3 Å². The van der Waals surface area contributed by atoms with Crippen molar-refractivity contribution in [2.24, 2.45) is 5.92 Å². The number of nitrogens with one attached hydrogen (secondary N) is 4. The van der Waals surface area contributed by atoms with Crippen molar-refractivity contribution in [2.75, 3.05) is 34.4 Å². The highest BCUT2D eigenvalue weighted by Crippen LogP contribution is 2.30. The van der Waals surface area contributed by atoms with E-state index in [1.165, 1.54) is 6.20 Å². The molecule has 4 aromatic rings. The molecule has 0 unspecified atom stereocenters. The molecule has 15 nitrogen and oxygen atoms in total. The Morgan fingerprint density at radius 2 is 1.55 bits per heavy atom. The molecule has 306 valence electrons. The molecule has 0 radical (unpaired) electrons. The van der Waals surface area contributed by atoms with Gasteiger partial charge in [-0.1, -0.05) is 17.7 Å². The van der Waals surface area contributed by atoms with E-state index in [0.29, 0.717) is 54.0 Å². The molecule has 0 atom stereocenters. The molecule has 6 rings (SSSR count). The lowest BCUT2D eigenvalue weighted by atomic mass is 9.93. The summed E-state index contributed by atoms with van der Waals surface area (Å²) in [4.78, 5) is 58.6. The predicted octanol–water partition coefficient (Wildman–Crippen LogP) is 7.52. The normalized spacial score (nSPS) is 13.7. The van der Waals surface area contributed by atoms with E-state index in [-0.39, 0.29) is 17.9 Å². The van der Waals surface area contributed by atoms with Crippen LogP contribution in [0.5, 0.6) is 0 Å². The fourth-order valence-corrected chi connectivity index (χ4v) is 5.56. The zero-order valence-electron chi connectivity index (χ0n) is 29.8. The van der Waals surface area contributed by atoms with Crippen LogP contribution in [0, 0.1) is 17.2 Å². The van der Waals surface area contributed by atoms with Crippen LogP contribution in [0.15, 0.2) is 67.1 Å². The third-order valence-corrected chi connectivity index (χ3v) is 8.50. The number of likely N-dealkylation sites (tertiary alicyclic amines) is 1. The highest BCUT2D eigenvalue weighted by atomic mass is 35.5. The first kappa shape index (κ1) is 44.0. The molecule has 1 saturated heterocycles. The van der Waals surface area contributed by atoms with Crippen LogP contribution >= 0.6 is 11.6 Å². The van der Waals surface area contributed by atoms with E-state index in [1.54, 1.807) is 35.4 Å². The van der Waals surface area contributed by atoms with Crippen molar-refractivity contribution in [2.45, 2.75) is 44.5 Å². The molecule has 6 bridgehead atoms. The Kier molecular flexibility index (Phi) is 14.8. The fraction of sp³-hybridized carbons (Fsp3) is 0.278. The van der Waals surface area contributed by atoms with Crippen molar-refractivity contribution in [1.82, 2.24) is 19.9 Å². The van der Waals surface area contributed by atoms with Crippen molar-refractivity contribution >= 4 is 70.0 Å². The van der Waals surface area contributed by atoms with Crippen molar-refractivity contribution in [1.29, 1.82) is 5.26 Å². The predicted molar refractivity (Wildman–Crippen MR) is 197 cm³/mol. The van der Waals surface area contributed by atoms with Gasteiger partial charge < -0.3 is 36.4 Å². The fourth-order valence-electron chi connectivity index (χ4n) is 5.43. The van der Waals surface area contributed by atoms with Gasteiger partial charge in [0.1, 0.15) is 5.02 Å². The number of carbonyl (C=O) groups is 4. The van der Waals surface area contributed by atoms with E-state index in [2.05, 4.69) is 42.3 Å². The molecule has 22 heteroatoms. The summed E-state index contributed by atoms with van der Waals surface area (Å²) < 4.78 is 63.5. The molecular formula is C36H32ClF6N9O6. The Morgan fingerprint density at radius 1 is 0.879 bits per heavy atom. The molecule has 0 spiro atoms.